The van der Waals surface area contributed by atoms with Gasteiger partial charge in [0, 0.05) is 31.9 Å². The van der Waals surface area contributed by atoms with E-state index in [4.69, 9.17) is 0 Å². The summed E-state index contributed by atoms with van der Waals surface area (Å²) in [7, 11) is 1.80. The number of aryl methyl sites for hydroxylation is 2. The Bertz CT molecular complexity index is 746. The average Bonchev–Trinajstić information content (AvgIpc) is 3.17. The highest BCUT2D eigenvalue weighted by atomic mass is 16.2. The van der Waals surface area contributed by atoms with E-state index < -0.39 is 0 Å². The number of aromatic nitrogens is 4. The van der Waals surface area contributed by atoms with Crippen molar-refractivity contribution in [2.45, 2.75) is 39.5 Å². The topological polar surface area (TPSA) is 75.9 Å². The molecule has 0 aliphatic carbocycles. The number of rotatable bonds is 4. The molecule has 0 atom stereocenters. The zero-order valence-electron chi connectivity index (χ0n) is 14.7. The van der Waals surface area contributed by atoms with Crippen LogP contribution in [0.15, 0.2) is 12.1 Å². The molecule has 0 unspecified atom stereocenters. The molecule has 0 saturated carbocycles. The van der Waals surface area contributed by atoms with Crippen LogP contribution < -0.4 is 10.2 Å². The lowest BCUT2D eigenvalue weighted by Crippen LogP contribution is -2.24. The van der Waals surface area contributed by atoms with Crippen LogP contribution in [0.25, 0.3) is 0 Å². The minimum atomic E-state index is -0.234. The summed E-state index contributed by atoms with van der Waals surface area (Å²) in [6.45, 7) is 7.93. The van der Waals surface area contributed by atoms with Crippen molar-refractivity contribution in [3.63, 3.8) is 0 Å². The summed E-state index contributed by atoms with van der Waals surface area (Å²) in [6.07, 6.45) is 2.29. The lowest BCUT2D eigenvalue weighted by Gasteiger charge is -2.18. The van der Waals surface area contributed by atoms with Crippen LogP contribution in [0, 0.1) is 6.92 Å². The van der Waals surface area contributed by atoms with Crippen LogP contribution in [0.3, 0.4) is 0 Å². The number of hydrogen-bond acceptors (Lipinski definition) is 5. The standard InChI is InChI=1S/C17H24N6O/c1-11(2)13-10-14(19-17(18-13)23-7-5-6-8-23)16(24)20-15-9-12(3)21-22(15)4/h9-11H,5-8H2,1-4H3,(H,20,24). The van der Waals surface area contributed by atoms with Gasteiger partial charge in [-0.15, -0.1) is 0 Å². The molecule has 128 valence electrons. The first-order valence-corrected chi connectivity index (χ1v) is 8.40. The maximum absolute atomic E-state index is 12.7. The largest absolute Gasteiger partial charge is 0.341 e. The van der Waals surface area contributed by atoms with Gasteiger partial charge in [-0.3, -0.25) is 9.48 Å². The molecule has 7 heteroatoms. The first-order valence-electron chi connectivity index (χ1n) is 8.40. The third-order valence-electron chi connectivity index (χ3n) is 4.19. The number of amides is 1. The Labute approximate surface area is 142 Å². The first-order chi connectivity index (χ1) is 11.4. The average molecular weight is 328 g/mol. The molecule has 3 heterocycles. The third kappa shape index (κ3) is 3.39. The Morgan fingerprint density at radius 3 is 2.50 bits per heavy atom. The zero-order chi connectivity index (χ0) is 17.3. The number of carbonyl (C=O) groups is 1. The van der Waals surface area contributed by atoms with Gasteiger partial charge in [0.1, 0.15) is 11.5 Å². The van der Waals surface area contributed by atoms with Crippen LogP contribution in [-0.4, -0.2) is 38.7 Å². The fraction of sp³-hybridized carbons (Fsp3) is 0.529. The number of hydrogen-bond donors (Lipinski definition) is 1. The van der Waals surface area contributed by atoms with Crippen molar-refractivity contribution in [3.8, 4) is 0 Å². The SMILES string of the molecule is Cc1cc(NC(=O)c2cc(C(C)C)nc(N3CCCC3)n2)n(C)n1. The molecule has 7 nitrogen and oxygen atoms in total. The van der Waals surface area contributed by atoms with Crippen molar-refractivity contribution in [1.82, 2.24) is 19.7 Å². The van der Waals surface area contributed by atoms with Crippen molar-refractivity contribution < 1.29 is 4.79 Å². The van der Waals surface area contributed by atoms with E-state index in [9.17, 15) is 4.79 Å². The molecular weight excluding hydrogens is 304 g/mol. The second-order valence-electron chi connectivity index (χ2n) is 6.58. The minimum absolute atomic E-state index is 0.234. The molecular formula is C17H24N6O. The molecule has 2 aromatic rings. The summed E-state index contributed by atoms with van der Waals surface area (Å²) in [5.74, 6) is 1.32. The van der Waals surface area contributed by atoms with Gasteiger partial charge in [0.25, 0.3) is 5.91 Å². The van der Waals surface area contributed by atoms with Crippen LogP contribution in [0.1, 0.15) is 54.5 Å². The van der Waals surface area contributed by atoms with Gasteiger partial charge in [-0.2, -0.15) is 5.10 Å². The smallest absolute Gasteiger partial charge is 0.275 e. The van der Waals surface area contributed by atoms with Crippen molar-refractivity contribution in [2.24, 2.45) is 7.05 Å². The number of anilines is 2. The maximum Gasteiger partial charge on any atom is 0.275 e. The lowest BCUT2D eigenvalue weighted by atomic mass is 10.1. The normalized spacial score (nSPS) is 14.5. The van der Waals surface area contributed by atoms with Gasteiger partial charge in [-0.05, 0) is 31.7 Å². The molecule has 1 aliphatic heterocycles. The van der Waals surface area contributed by atoms with Crippen LogP contribution in [-0.2, 0) is 7.05 Å². The van der Waals surface area contributed by atoms with Crippen LogP contribution >= 0.6 is 0 Å². The molecule has 0 radical (unpaired) electrons. The Kier molecular flexibility index (Phi) is 4.51. The molecule has 0 aromatic carbocycles. The Morgan fingerprint density at radius 1 is 1.21 bits per heavy atom. The Balaban J connectivity index is 1.90. The monoisotopic (exact) mass is 328 g/mol. The van der Waals surface area contributed by atoms with Crippen molar-refractivity contribution in [3.05, 3.63) is 29.2 Å². The predicted molar refractivity (Wildman–Crippen MR) is 93.5 cm³/mol. The fourth-order valence-electron chi connectivity index (χ4n) is 2.83. The summed E-state index contributed by atoms with van der Waals surface area (Å²) >= 11 is 0. The van der Waals surface area contributed by atoms with Crippen LogP contribution in [0.5, 0.6) is 0 Å². The number of carbonyl (C=O) groups excluding carboxylic acids is 1. The lowest BCUT2D eigenvalue weighted by molar-refractivity contribution is 0.102. The zero-order valence-corrected chi connectivity index (χ0v) is 14.7. The second kappa shape index (κ2) is 6.59. The van der Waals surface area contributed by atoms with E-state index in [1.807, 2.05) is 13.0 Å². The van der Waals surface area contributed by atoms with Gasteiger partial charge in [0.05, 0.1) is 5.69 Å². The van der Waals surface area contributed by atoms with E-state index in [0.717, 1.165) is 37.3 Å². The summed E-state index contributed by atoms with van der Waals surface area (Å²) in [5, 5.41) is 7.13. The fourth-order valence-corrected chi connectivity index (χ4v) is 2.83. The molecule has 1 fully saturated rings. The first kappa shape index (κ1) is 16.4. The Morgan fingerprint density at radius 2 is 1.92 bits per heavy atom. The number of nitrogens with one attached hydrogen (secondary N) is 1. The van der Waals surface area contributed by atoms with E-state index in [1.54, 1.807) is 17.8 Å². The summed E-state index contributed by atoms with van der Waals surface area (Å²) < 4.78 is 1.65. The van der Waals surface area contributed by atoms with Crippen LogP contribution in [0.2, 0.25) is 0 Å². The van der Waals surface area contributed by atoms with Gasteiger partial charge >= 0.3 is 0 Å². The van der Waals surface area contributed by atoms with Crippen LogP contribution in [0.4, 0.5) is 11.8 Å². The van der Waals surface area contributed by atoms with Gasteiger partial charge in [0.15, 0.2) is 0 Å². The molecule has 1 saturated heterocycles. The van der Waals surface area contributed by atoms with Crippen molar-refractivity contribution >= 4 is 17.7 Å². The summed E-state index contributed by atoms with van der Waals surface area (Å²) in [5.41, 5.74) is 2.14. The van der Waals surface area contributed by atoms with E-state index in [-0.39, 0.29) is 11.8 Å². The molecule has 1 aliphatic rings. The van der Waals surface area contributed by atoms with Gasteiger partial charge < -0.3 is 10.2 Å². The molecule has 0 bridgehead atoms. The van der Waals surface area contributed by atoms with Gasteiger partial charge in [-0.25, -0.2) is 9.97 Å². The van der Waals surface area contributed by atoms with E-state index in [2.05, 4.69) is 39.1 Å². The Hall–Kier alpha value is -2.44. The molecule has 24 heavy (non-hydrogen) atoms. The molecule has 1 N–H and O–H groups in total. The third-order valence-corrected chi connectivity index (χ3v) is 4.19. The molecule has 0 spiro atoms. The number of nitrogens with zero attached hydrogens (tertiary/aromatic N) is 5. The quantitative estimate of drug-likeness (QED) is 0.933. The molecule has 3 rings (SSSR count). The maximum atomic E-state index is 12.7. The molecule has 2 aromatic heterocycles. The highest BCUT2D eigenvalue weighted by molar-refractivity contribution is 6.02. The highest BCUT2D eigenvalue weighted by Crippen LogP contribution is 2.21. The van der Waals surface area contributed by atoms with E-state index >= 15 is 0 Å². The highest BCUT2D eigenvalue weighted by Gasteiger charge is 2.20. The predicted octanol–water partition coefficient (Wildman–Crippen LogP) is 2.49. The molecule has 1 amide bonds. The van der Waals surface area contributed by atoms with Crippen molar-refractivity contribution in [1.29, 1.82) is 0 Å². The van der Waals surface area contributed by atoms with E-state index in [0.29, 0.717) is 17.5 Å². The van der Waals surface area contributed by atoms with Crippen molar-refractivity contribution in [2.75, 3.05) is 23.3 Å². The minimum Gasteiger partial charge on any atom is -0.341 e. The van der Waals surface area contributed by atoms with Gasteiger partial charge in [-0.1, -0.05) is 13.8 Å². The second-order valence-corrected chi connectivity index (χ2v) is 6.58. The summed E-state index contributed by atoms with van der Waals surface area (Å²) in [6, 6.07) is 3.62. The van der Waals surface area contributed by atoms with Gasteiger partial charge in [0.2, 0.25) is 5.95 Å². The summed E-state index contributed by atoms with van der Waals surface area (Å²) in [4.78, 5) is 24.0. The van der Waals surface area contributed by atoms with E-state index in [1.165, 1.54) is 0 Å².